The number of carbonyl (C=O) groups is 3. The number of aliphatic carboxylic acids is 1. The lowest BCUT2D eigenvalue weighted by Gasteiger charge is -2.38. The molecule has 1 aromatic rings. The zero-order valence-electron chi connectivity index (χ0n) is 12.4. The second-order valence-electron chi connectivity index (χ2n) is 5.99. The van der Waals surface area contributed by atoms with Gasteiger partial charge in [0.25, 0.3) is 0 Å². The Morgan fingerprint density at radius 3 is 2.05 bits per heavy atom. The average molecular weight is 302 g/mol. The fourth-order valence-electron chi connectivity index (χ4n) is 3.06. The molecule has 0 bridgehead atoms. The highest BCUT2D eigenvalue weighted by molar-refractivity contribution is 6.02. The number of carboxylic acid groups (broad SMARTS) is 1. The van der Waals surface area contributed by atoms with Crippen molar-refractivity contribution in [3.8, 4) is 0 Å². The number of imide groups is 1. The molecule has 0 atom stereocenters. The molecule has 0 spiro atoms. The molecule has 2 fully saturated rings. The van der Waals surface area contributed by atoms with Gasteiger partial charge >= 0.3 is 5.97 Å². The number of amides is 2. The molecule has 2 aliphatic rings. The standard InChI is InChI=1S/C16H18N2O4/c1-17-13(19)9-18(10-14(17)20)12-5-3-11(4-6-12)16(15(21)22)7-2-8-16/h3-6H,2,7-10H2,1H3,(H,21,22). The summed E-state index contributed by atoms with van der Waals surface area (Å²) in [6, 6.07) is 7.19. The van der Waals surface area contributed by atoms with Gasteiger partial charge in [0.2, 0.25) is 11.8 Å². The first-order valence-corrected chi connectivity index (χ1v) is 7.32. The normalized spacial score (nSPS) is 20.8. The van der Waals surface area contributed by atoms with Crippen molar-refractivity contribution < 1.29 is 19.5 Å². The van der Waals surface area contributed by atoms with Crippen LogP contribution in [-0.2, 0) is 19.8 Å². The summed E-state index contributed by atoms with van der Waals surface area (Å²) in [6.07, 6.45) is 2.25. The number of hydrogen-bond donors (Lipinski definition) is 1. The number of benzene rings is 1. The number of carbonyl (C=O) groups excluding carboxylic acids is 2. The monoisotopic (exact) mass is 302 g/mol. The SMILES string of the molecule is CN1C(=O)CN(c2ccc(C3(C(=O)O)CCC3)cc2)CC1=O. The van der Waals surface area contributed by atoms with Gasteiger partial charge in [-0.15, -0.1) is 0 Å². The Morgan fingerprint density at radius 2 is 1.64 bits per heavy atom. The quantitative estimate of drug-likeness (QED) is 0.843. The lowest BCUT2D eigenvalue weighted by Crippen LogP contribution is -2.52. The van der Waals surface area contributed by atoms with Crippen LogP contribution in [0.25, 0.3) is 0 Å². The fraction of sp³-hybridized carbons (Fsp3) is 0.438. The summed E-state index contributed by atoms with van der Waals surface area (Å²) in [5, 5.41) is 9.45. The summed E-state index contributed by atoms with van der Waals surface area (Å²) < 4.78 is 0. The zero-order chi connectivity index (χ0) is 15.9. The third-order valence-electron chi connectivity index (χ3n) is 4.80. The van der Waals surface area contributed by atoms with Crippen LogP contribution in [0.1, 0.15) is 24.8 Å². The molecule has 1 aliphatic heterocycles. The van der Waals surface area contributed by atoms with Gasteiger partial charge in [-0.1, -0.05) is 18.6 Å². The molecule has 1 aliphatic carbocycles. The maximum absolute atomic E-state index is 11.7. The van der Waals surface area contributed by atoms with Gasteiger partial charge in [0.05, 0.1) is 18.5 Å². The maximum Gasteiger partial charge on any atom is 0.314 e. The Balaban J connectivity index is 1.82. The molecule has 6 heteroatoms. The molecule has 0 aromatic heterocycles. The van der Waals surface area contributed by atoms with Gasteiger partial charge < -0.3 is 10.0 Å². The van der Waals surface area contributed by atoms with Crippen LogP contribution in [0.15, 0.2) is 24.3 Å². The van der Waals surface area contributed by atoms with Crippen LogP contribution >= 0.6 is 0 Å². The van der Waals surface area contributed by atoms with E-state index in [4.69, 9.17) is 0 Å². The Morgan fingerprint density at radius 1 is 1.09 bits per heavy atom. The first kappa shape index (κ1) is 14.6. The highest BCUT2D eigenvalue weighted by atomic mass is 16.4. The van der Waals surface area contributed by atoms with Gasteiger partial charge in [-0.2, -0.15) is 0 Å². The molecule has 0 unspecified atom stereocenters. The van der Waals surface area contributed by atoms with Crippen molar-refractivity contribution in [3.63, 3.8) is 0 Å². The summed E-state index contributed by atoms with van der Waals surface area (Å²) in [7, 11) is 1.48. The maximum atomic E-state index is 11.7. The summed E-state index contributed by atoms with van der Waals surface area (Å²) >= 11 is 0. The number of piperazine rings is 1. The van der Waals surface area contributed by atoms with Crippen LogP contribution < -0.4 is 4.90 Å². The second kappa shape index (κ2) is 5.12. The molecule has 1 saturated carbocycles. The Kier molecular flexibility index (Phi) is 3.39. The average Bonchev–Trinajstić information content (AvgIpc) is 2.43. The van der Waals surface area contributed by atoms with Crippen LogP contribution in [0.4, 0.5) is 5.69 Å². The van der Waals surface area contributed by atoms with Crippen molar-refractivity contribution in [1.29, 1.82) is 0 Å². The lowest BCUT2D eigenvalue weighted by atomic mass is 9.64. The minimum absolute atomic E-state index is 0.158. The van der Waals surface area contributed by atoms with Gasteiger partial charge in [-0.05, 0) is 30.5 Å². The summed E-state index contributed by atoms with van der Waals surface area (Å²) in [6.45, 7) is 0.317. The van der Waals surface area contributed by atoms with Gasteiger partial charge in [0.15, 0.2) is 0 Å². The first-order valence-electron chi connectivity index (χ1n) is 7.32. The summed E-state index contributed by atoms with van der Waals surface area (Å²) in [5.74, 6) is -1.25. The summed E-state index contributed by atoms with van der Waals surface area (Å²) in [4.78, 5) is 37.8. The third kappa shape index (κ3) is 2.15. The van der Waals surface area contributed by atoms with E-state index in [1.807, 2.05) is 0 Å². The lowest BCUT2D eigenvalue weighted by molar-refractivity contribution is -0.147. The Labute approximate surface area is 128 Å². The molecule has 1 N–H and O–H groups in total. The van der Waals surface area contributed by atoms with Crippen LogP contribution in [0.2, 0.25) is 0 Å². The highest BCUT2D eigenvalue weighted by Crippen LogP contribution is 2.44. The number of likely N-dealkylation sites (N-methyl/N-ethyl adjacent to an activating group) is 1. The molecule has 1 aromatic carbocycles. The predicted molar refractivity (Wildman–Crippen MR) is 79.6 cm³/mol. The number of anilines is 1. The molecule has 1 saturated heterocycles. The molecule has 3 rings (SSSR count). The van der Waals surface area contributed by atoms with Crippen LogP contribution in [0, 0.1) is 0 Å². The van der Waals surface area contributed by atoms with E-state index in [1.54, 1.807) is 29.2 Å². The predicted octanol–water partition coefficient (Wildman–Crippen LogP) is 0.998. The van der Waals surface area contributed by atoms with Crippen molar-refractivity contribution in [2.45, 2.75) is 24.7 Å². The van der Waals surface area contributed by atoms with Gasteiger partial charge in [-0.3, -0.25) is 19.3 Å². The fourth-order valence-corrected chi connectivity index (χ4v) is 3.06. The van der Waals surface area contributed by atoms with E-state index in [1.165, 1.54) is 7.05 Å². The van der Waals surface area contributed by atoms with Crippen molar-refractivity contribution >= 4 is 23.5 Å². The molecule has 2 amide bonds. The van der Waals surface area contributed by atoms with Crippen LogP contribution in [-0.4, -0.2) is 47.9 Å². The number of carboxylic acids is 1. The first-order chi connectivity index (χ1) is 10.4. The third-order valence-corrected chi connectivity index (χ3v) is 4.80. The van der Waals surface area contributed by atoms with E-state index in [0.29, 0.717) is 12.8 Å². The second-order valence-corrected chi connectivity index (χ2v) is 5.99. The van der Waals surface area contributed by atoms with Gasteiger partial charge in [0.1, 0.15) is 0 Å². The van der Waals surface area contributed by atoms with Crippen LogP contribution in [0.5, 0.6) is 0 Å². The highest BCUT2D eigenvalue weighted by Gasteiger charge is 2.45. The molecule has 6 nitrogen and oxygen atoms in total. The minimum Gasteiger partial charge on any atom is -0.481 e. The topological polar surface area (TPSA) is 77.9 Å². The largest absolute Gasteiger partial charge is 0.481 e. The number of hydrogen-bond acceptors (Lipinski definition) is 4. The molecule has 22 heavy (non-hydrogen) atoms. The number of rotatable bonds is 3. The van der Waals surface area contributed by atoms with Crippen molar-refractivity contribution in [2.75, 3.05) is 25.0 Å². The van der Waals surface area contributed by atoms with Gasteiger partial charge in [-0.25, -0.2) is 0 Å². The van der Waals surface area contributed by atoms with E-state index >= 15 is 0 Å². The van der Waals surface area contributed by atoms with E-state index < -0.39 is 11.4 Å². The minimum atomic E-state index is -0.781. The van der Waals surface area contributed by atoms with E-state index in [2.05, 4.69) is 0 Å². The number of nitrogens with zero attached hydrogens (tertiary/aromatic N) is 2. The smallest absolute Gasteiger partial charge is 0.314 e. The van der Waals surface area contributed by atoms with E-state index in [0.717, 1.165) is 22.6 Å². The van der Waals surface area contributed by atoms with Crippen molar-refractivity contribution in [3.05, 3.63) is 29.8 Å². The van der Waals surface area contributed by atoms with Crippen LogP contribution in [0.3, 0.4) is 0 Å². The van der Waals surface area contributed by atoms with E-state index in [9.17, 15) is 19.5 Å². The van der Waals surface area contributed by atoms with Gasteiger partial charge in [0, 0.05) is 12.7 Å². The van der Waals surface area contributed by atoms with E-state index in [-0.39, 0.29) is 24.9 Å². The molecule has 116 valence electrons. The van der Waals surface area contributed by atoms with Crippen molar-refractivity contribution in [1.82, 2.24) is 4.90 Å². The van der Waals surface area contributed by atoms with Crippen molar-refractivity contribution in [2.24, 2.45) is 0 Å². The zero-order valence-corrected chi connectivity index (χ0v) is 12.4. The molecular formula is C16H18N2O4. The Bertz CT molecular complexity index is 616. The molecule has 0 radical (unpaired) electrons. The summed E-state index contributed by atoms with van der Waals surface area (Å²) in [5.41, 5.74) is 0.798. The molecule has 1 heterocycles. The Hall–Kier alpha value is -2.37. The molecular weight excluding hydrogens is 284 g/mol.